The molecule has 0 saturated carbocycles. The normalized spacial score (nSPS) is 19.0. The van der Waals surface area contributed by atoms with Gasteiger partial charge < -0.3 is 14.9 Å². The van der Waals surface area contributed by atoms with E-state index in [4.69, 9.17) is 11.6 Å². The van der Waals surface area contributed by atoms with Crippen LogP contribution in [-0.4, -0.2) is 78.7 Å². The first-order valence-electron chi connectivity index (χ1n) is 10.6. The number of sulfone groups is 1. The Morgan fingerprint density at radius 1 is 1.09 bits per heavy atom. The van der Waals surface area contributed by atoms with Gasteiger partial charge in [-0.15, -0.1) is 0 Å². The number of fused-ring (bicyclic) bond motifs is 1. The van der Waals surface area contributed by atoms with Gasteiger partial charge >= 0.3 is 6.03 Å². The van der Waals surface area contributed by atoms with Gasteiger partial charge in [0.15, 0.2) is 9.84 Å². The summed E-state index contributed by atoms with van der Waals surface area (Å²) in [5, 5.41) is 14.7. The summed E-state index contributed by atoms with van der Waals surface area (Å²) in [6, 6.07) is 9.12. The number of carbonyl (C=O) groups excluding carboxylic acids is 3. The number of benzene rings is 2. The Kier molecular flexibility index (Phi) is 6.60. The van der Waals surface area contributed by atoms with Crippen LogP contribution in [0.5, 0.6) is 0 Å². The highest BCUT2D eigenvalue weighted by Gasteiger charge is 2.35. The monoisotopic (exact) mass is 493 g/mol. The summed E-state index contributed by atoms with van der Waals surface area (Å²) in [5.74, 6) is -1.67. The van der Waals surface area contributed by atoms with Crippen molar-refractivity contribution >= 4 is 50.1 Å². The van der Waals surface area contributed by atoms with E-state index in [1.807, 2.05) is 0 Å². The fourth-order valence-electron chi connectivity index (χ4n) is 4.30. The van der Waals surface area contributed by atoms with Crippen LogP contribution in [0.15, 0.2) is 41.3 Å². The summed E-state index contributed by atoms with van der Waals surface area (Å²) >= 11 is 5.96. The van der Waals surface area contributed by atoms with Crippen LogP contribution in [0.1, 0.15) is 19.3 Å². The number of carbonyl (C=O) groups is 3. The average Bonchev–Trinajstić information content (AvgIpc) is 2.78. The quantitative estimate of drug-likeness (QED) is 0.651. The third-order valence-electron chi connectivity index (χ3n) is 6.10. The highest BCUT2D eigenvalue weighted by Crippen LogP contribution is 2.24. The van der Waals surface area contributed by atoms with Gasteiger partial charge in [0.2, 0.25) is 5.91 Å². The lowest BCUT2D eigenvalue weighted by Gasteiger charge is -2.40. The second-order valence-electron chi connectivity index (χ2n) is 8.30. The third-order valence-corrected chi connectivity index (χ3v) is 8.06. The number of nitrogens with zero attached hydrogens (tertiary/aromatic N) is 2. The molecule has 4 amide bonds. The molecule has 9 nitrogen and oxygen atoms in total. The summed E-state index contributed by atoms with van der Waals surface area (Å²) in [6.45, 7) is 0.909. The molecule has 1 atom stereocenters. The van der Waals surface area contributed by atoms with Gasteiger partial charge in [-0.1, -0.05) is 23.7 Å². The molecule has 0 spiro atoms. The van der Waals surface area contributed by atoms with Gasteiger partial charge in [-0.2, -0.15) is 0 Å². The maximum atomic E-state index is 12.8. The van der Waals surface area contributed by atoms with E-state index >= 15 is 0 Å². The Labute approximate surface area is 196 Å². The number of imide groups is 1. The second-order valence-corrected chi connectivity index (χ2v) is 10.8. The van der Waals surface area contributed by atoms with Crippen molar-refractivity contribution in [3.8, 4) is 0 Å². The van der Waals surface area contributed by atoms with Crippen LogP contribution < -0.4 is 5.32 Å². The van der Waals surface area contributed by atoms with Gasteiger partial charge in [0.1, 0.15) is 6.10 Å². The van der Waals surface area contributed by atoms with Gasteiger partial charge in [-0.25, -0.2) is 13.2 Å². The lowest BCUT2D eigenvalue weighted by Crippen LogP contribution is -2.57. The number of piperidine rings is 1. The van der Waals surface area contributed by atoms with Gasteiger partial charge in [0.05, 0.1) is 10.6 Å². The van der Waals surface area contributed by atoms with Crippen LogP contribution >= 0.6 is 11.6 Å². The number of aliphatic hydroxyl groups excluding tert-OH is 1. The first-order chi connectivity index (χ1) is 15.6. The number of urea groups is 1. The van der Waals surface area contributed by atoms with E-state index in [1.54, 1.807) is 29.2 Å². The van der Waals surface area contributed by atoms with Crippen molar-refractivity contribution in [1.29, 1.82) is 0 Å². The molecular formula is C22H24ClN3O6S. The smallest absolute Gasteiger partial charge is 0.324 e. The van der Waals surface area contributed by atoms with Crippen LogP contribution in [0.4, 0.5) is 4.79 Å². The molecule has 0 radical (unpaired) electrons. The Morgan fingerprint density at radius 3 is 2.45 bits per heavy atom. The molecule has 2 heterocycles. The van der Waals surface area contributed by atoms with Crippen molar-refractivity contribution in [2.75, 3.05) is 25.4 Å². The molecule has 4 rings (SSSR count). The number of aliphatic hydroxyl groups is 1. The summed E-state index contributed by atoms with van der Waals surface area (Å²) in [6.07, 6.45) is -0.480. The number of hydrogen-bond donors (Lipinski definition) is 2. The molecule has 2 aromatic carbocycles. The molecule has 176 valence electrons. The number of rotatable bonds is 5. The minimum absolute atomic E-state index is 0.0218. The van der Waals surface area contributed by atoms with Crippen LogP contribution in [-0.2, 0) is 19.4 Å². The summed E-state index contributed by atoms with van der Waals surface area (Å²) in [7, 11) is -3.91. The Morgan fingerprint density at radius 2 is 1.76 bits per heavy atom. The SMILES string of the molecule is O=C1CCN(C2CCN(C(=O)[C@H](O)CS(=O)(=O)c3ccc4cc(Cl)ccc4c3)CC2)C(=O)N1. The standard InChI is InChI=1S/C22H24ClN3O6S/c23-16-3-1-15-12-18(4-2-14(15)11-16)33(31,32)13-19(27)21(29)25-8-5-17(6-9-25)26-10-7-20(28)24-22(26)30/h1-4,11-12,17,19,27H,5-10,13H2,(H,24,28,30)/t19-/m1/s1. The molecule has 2 aliphatic rings. The maximum absolute atomic E-state index is 12.8. The minimum atomic E-state index is -3.91. The van der Waals surface area contributed by atoms with Crippen LogP contribution in [0.3, 0.4) is 0 Å². The van der Waals surface area contributed by atoms with E-state index < -0.39 is 33.6 Å². The molecule has 2 fully saturated rings. The zero-order valence-corrected chi connectivity index (χ0v) is 19.3. The number of nitrogens with one attached hydrogen (secondary N) is 1. The topological polar surface area (TPSA) is 124 Å². The van der Waals surface area contributed by atoms with Gasteiger partial charge in [-0.05, 0) is 47.9 Å². The van der Waals surface area contributed by atoms with Crippen molar-refractivity contribution < 1.29 is 27.9 Å². The molecule has 2 saturated heterocycles. The van der Waals surface area contributed by atoms with E-state index in [1.165, 1.54) is 17.0 Å². The zero-order chi connectivity index (χ0) is 23.8. The van der Waals surface area contributed by atoms with E-state index in [9.17, 15) is 27.9 Å². The van der Waals surface area contributed by atoms with E-state index in [0.29, 0.717) is 29.8 Å². The van der Waals surface area contributed by atoms with Crippen molar-refractivity contribution in [2.24, 2.45) is 0 Å². The number of likely N-dealkylation sites (tertiary alicyclic amines) is 1. The van der Waals surface area contributed by atoms with Crippen molar-refractivity contribution in [3.63, 3.8) is 0 Å². The van der Waals surface area contributed by atoms with E-state index in [-0.39, 0.29) is 36.4 Å². The van der Waals surface area contributed by atoms with Crippen molar-refractivity contribution in [2.45, 2.75) is 36.3 Å². The van der Waals surface area contributed by atoms with Crippen molar-refractivity contribution in [3.05, 3.63) is 41.4 Å². The number of hydrogen-bond acceptors (Lipinski definition) is 6. The lowest BCUT2D eigenvalue weighted by atomic mass is 10.0. The Bertz CT molecular complexity index is 1210. The molecule has 0 aromatic heterocycles. The summed E-state index contributed by atoms with van der Waals surface area (Å²) in [5.41, 5.74) is 0. The molecule has 11 heteroatoms. The van der Waals surface area contributed by atoms with Crippen LogP contribution in [0.2, 0.25) is 5.02 Å². The third kappa shape index (κ3) is 5.13. The molecule has 0 aliphatic carbocycles. The van der Waals surface area contributed by atoms with E-state index in [2.05, 4.69) is 5.32 Å². The molecule has 2 aromatic rings. The van der Waals surface area contributed by atoms with Gasteiger partial charge in [-0.3, -0.25) is 14.9 Å². The van der Waals surface area contributed by atoms with Crippen LogP contribution in [0, 0.1) is 0 Å². The minimum Gasteiger partial charge on any atom is -0.382 e. The second kappa shape index (κ2) is 9.28. The molecule has 0 bridgehead atoms. The fraction of sp³-hybridized carbons (Fsp3) is 0.409. The predicted molar refractivity (Wildman–Crippen MR) is 121 cm³/mol. The Hall–Kier alpha value is -2.69. The maximum Gasteiger partial charge on any atom is 0.324 e. The largest absolute Gasteiger partial charge is 0.382 e. The predicted octanol–water partition coefficient (Wildman–Crippen LogP) is 1.56. The van der Waals surface area contributed by atoms with Gasteiger partial charge in [0.25, 0.3) is 5.91 Å². The Balaban J connectivity index is 1.37. The van der Waals surface area contributed by atoms with E-state index in [0.717, 1.165) is 5.39 Å². The average molecular weight is 494 g/mol. The number of halogens is 1. The molecule has 0 unspecified atom stereocenters. The fourth-order valence-corrected chi connectivity index (χ4v) is 5.81. The molecule has 2 aliphatic heterocycles. The highest BCUT2D eigenvalue weighted by molar-refractivity contribution is 7.91. The molecular weight excluding hydrogens is 470 g/mol. The summed E-state index contributed by atoms with van der Waals surface area (Å²) < 4.78 is 25.7. The highest BCUT2D eigenvalue weighted by atomic mass is 35.5. The first-order valence-corrected chi connectivity index (χ1v) is 12.7. The van der Waals surface area contributed by atoms with Gasteiger partial charge in [0, 0.05) is 37.1 Å². The lowest BCUT2D eigenvalue weighted by molar-refractivity contribution is -0.140. The van der Waals surface area contributed by atoms with Crippen LogP contribution in [0.25, 0.3) is 10.8 Å². The summed E-state index contributed by atoms with van der Waals surface area (Å²) in [4.78, 5) is 39.1. The van der Waals surface area contributed by atoms with Crippen molar-refractivity contribution in [1.82, 2.24) is 15.1 Å². The zero-order valence-electron chi connectivity index (χ0n) is 17.7. The molecule has 33 heavy (non-hydrogen) atoms. The first kappa shape index (κ1) is 23.5. The molecule has 2 N–H and O–H groups in total. The number of amides is 4.